The van der Waals surface area contributed by atoms with Crippen LogP contribution in [0.4, 0.5) is 0 Å². The smallest absolute Gasteiger partial charge is 0.318 e. The minimum Gasteiger partial charge on any atom is -0.480 e. The fraction of sp³-hybridized carbons (Fsp3) is 0.409. The molecule has 1 N–H and O–H groups in total. The monoisotopic (exact) mass is 399 g/mol. The summed E-state index contributed by atoms with van der Waals surface area (Å²) in [7, 11) is 0. The molecule has 1 aliphatic heterocycles. The molecule has 2 heterocycles. The summed E-state index contributed by atoms with van der Waals surface area (Å²) in [4.78, 5) is 27.6. The number of carboxylic acids is 1. The summed E-state index contributed by atoms with van der Waals surface area (Å²) in [5, 5.41) is 10.6. The van der Waals surface area contributed by atoms with Gasteiger partial charge in [0, 0.05) is 12.3 Å². The Balaban J connectivity index is 1.87. The van der Waals surface area contributed by atoms with E-state index in [0.717, 1.165) is 16.5 Å². The molecule has 0 aliphatic carbocycles. The van der Waals surface area contributed by atoms with Gasteiger partial charge >= 0.3 is 11.9 Å². The van der Waals surface area contributed by atoms with E-state index in [9.17, 15) is 14.7 Å². The number of hydrogen-bond donors (Lipinski definition) is 1. The number of carbonyl (C=O) groups excluding carboxylic acids is 1. The molecule has 1 atom stereocenters. The number of carboxylic acid groups (broad SMARTS) is 1. The second-order valence-corrected chi connectivity index (χ2v) is 7.71. The van der Waals surface area contributed by atoms with Gasteiger partial charge in [-0.15, -0.1) is 0 Å². The van der Waals surface area contributed by atoms with Gasteiger partial charge in [0.1, 0.15) is 11.5 Å². The number of pyridine rings is 1. The third-order valence-electron chi connectivity index (χ3n) is 4.87. The van der Waals surface area contributed by atoms with Crippen LogP contribution in [0, 0.1) is 5.41 Å². The Morgan fingerprint density at radius 1 is 1.21 bits per heavy atom. The zero-order chi connectivity index (χ0) is 21.2. The molecule has 0 saturated carbocycles. The predicted octanol–water partition coefficient (Wildman–Crippen LogP) is 3.73. The Hall–Kier alpha value is -2.77. The van der Waals surface area contributed by atoms with Gasteiger partial charge in [-0.3, -0.25) is 9.59 Å². The molecular formula is C22H25NO6. The molecule has 2 aromatic rings. The number of hydrogen-bond acceptors (Lipinski definition) is 6. The normalized spacial score (nSPS) is 19.2. The minimum atomic E-state index is -1.25. The minimum absolute atomic E-state index is 0.0295. The molecule has 3 rings (SSSR count). The third kappa shape index (κ3) is 4.81. The van der Waals surface area contributed by atoms with E-state index >= 15 is 0 Å². The molecule has 154 valence electrons. The molecule has 1 aliphatic rings. The summed E-state index contributed by atoms with van der Waals surface area (Å²) in [6, 6.07) is 9.39. The fourth-order valence-electron chi connectivity index (χ4n) is 3.02. The van der Waals surface area contributed by atoms with Crippen molar-refractivity contribution < 1.29 is 28.9 Å². The van der Waals surface area contributed by atoms with Crippen molar-refractivity contribution >= 4 is 28.9 Å². The first kappa shape index (κ1) is 21.0. The van der Waals surface area contributed by atoms with Gasteiger partial charge in [-0.2, -0.15) is 0 Å². The average Bonchev–Trinajstić information content (AvgIpc) is 2.66. The van der Waals surface area contributed by atoms with Crippen LogP contribution in [-0.2, 0) is 23.8 Å². The summed E-state index contributed by atoms with van der Waals surface area (Å²) in [5.74, 6) is -2.16. The summed E-state index contributed by atoms with van der Waals surface area (Å²) in [6.07, 6.45) is 2.89. The van der Waals surface area contributed by atoms with Crippen molar-refractivity contribution in [3.63, 3.8) is 0 Å². The van der Waals surface area contributed by atoms with Crippen LogP contribution in [0.15, 0.2) is 36.4 Å². The quantitative estimate of drug-likeness (QED) is 0.766. The van der Waals surface area contributed by atoms with Crippen LogP contribution in [0.3, 0.4) is 0 Å². The summed E-state index contributed by atoms with van der Waals surface area (Å²) in [6.45, 7) is 6.69. The lowest BCUT2D eigenvalue weighted by atomic mass is 9.87. The third-order valence-corrected chi connectivity index (χ3v) is 4.87. The lowest BCUT2D eigenvalue weighted by Gasteiger charge is -2.39. The Morgan fingerprint density at radius 2 is 1.86 bits per heavy atom. The number of aliphatic carboxylic acids is 1. The number of rotatable bonds is 5. The maximum absolute atomic E-state index is 11.9. The molecule has 0 unspecified atom stereocenters. The largest absolute Gasteiger partial charge is 0.480 e. The number of esters is 1. The molecule has 0 amide bonds. The highest BCUT2D eigenvalue weighted by Crippen LogP contribution is 2.32. The topological polar surface area (TPSA) is 95.0 Å². The first-order valence-electron chi connectivity index (χ1n) is 9.39. The van der Waals surface area contributed by atoms with Gasteiger partial charge in [0.25, 0.3) is 0 Å². The van der Waals surface area contributed by atoms with Gasteiger partial charge in [-0.25, -0.2) is 4.98 Å². The number of carbonyl (C=O) groups is 2. The molecule has 1 aromatic heterocycles. The van der Waals surface area contributed by atoms with E-state index in [1.165, 1.54) is 6.92 Å². The Morgan fingerprint density at radius 3 is 2.48 bits per heavy atom. The van der Waals surface area contributed by atoms with Crippen LogP contribution in [-0.4, -0.2) is 41.0 Å². The van der Waals surface area contributed by atoms with E-state index in [4.69, 9.17) is 14.2 Å². The molecule has 1 saturated heterocycles. The van der Waals surface area contributed by atoms with Gasteiger partial charge in [0.2, 0.25) is 0 Å². The van der Waals surface area contributed by atoms with E-state index in [-0.39, 0.29) is 19.2 Å². The summed E-state index contributed by atoms with van der Waals surface area (Å²) < 4.78 is 16.3. The van der Waals surface area contributed by atoms with Gasteiger partial charge in [0.15, 0.2) is 5.79 Å². The molecule has 0 radical (unpaired) electrons. The molecule has 1 fully saturated rings. The van der Waals surface area contributed by atoms with Crippen molar-refractivity contribution in [1.29, 1.82) is 0 Å². The highest BCUT2D eigenvalue weighted by atomic mass is 16.7. The average molecular weight is 399 g/mol. The van der Waals surface area contributed by atoms with Crippen LogP contribution in [0.25, 0.3) is 17.0 Å². The molecule has 0 bridgehead atoms. The van der Waals surface area contributed by atoms with Gasteiger partial charge < -0.3 is 19.3 Å². The number of fused-ring (bicyclic) bond motifs is 1. The van der Waals surface area contributed by atoms with Crippen molar-refractivity contribution in [2.75, 3.05) is 13.2 Å². The second-order valence-electron chi connectivity index (χ2n) is 7.71. The van der Waals surface area contributed by atoms with E-state index in [2.05, 4.69) is 4.98 Å². The molecule has 1 aromatic carbocycles. The van der Waals surface area contributed by atoms with E-state index in [0.29, 0.717) is 5.69 Å². The fourth-order valence-corrected chi connectivity index (χ4v) is 3.02. The highest BCUT2D eigenvalue weighted by molar-refractivity contribution is 5.83. The van der Waals surface area contributed by atoms with Crippen molar-refractivity contribution in [2.24, 2.45) is 5.41 Å². The SMILES string of the molecule is CC(=O)O[C@H](C)c1ccc2ccc(C=CC3(C(=O)O)COC(C)(C)OC3)cc2n1. The summed E-state index contributed by atoms with van der Waals surface area (Å²) in [5.41, 5.74) is 0.925. The van der Waals surface area contributed by atoms with Gasteiger partial charge in [0.05, 0.1) is 24.4 Å². The zero-order valence-electron chi connectivity index (χ0n) is 17.0. The Labute approximate surface area is 169 Å². The maximum Gasteiger partial charge on any atom is 0.318 e. The van der Waals surface area contributed by atoms with Crippen molar-refractivity contribution in [3.8, 4) is 0 Å². The van der Waals surface area contributed by atoms with E-state index < -0.39 is 23.3 Å². The number of nitrogens with zero attached hydrogens (tertiary/aromatic N) is 1. The number of aromatic nitrogens is 1. The maximum atomic E-state index is 11.9. The Bertz CT molecular complexity index is 955. The highest BCUT2D eigenvalue weighted by Gasteiger charge is 2.44. The zero-order valence-corrected chi connectivity index (χ0v) is 17.0. The predicted molar refractivity (Wildman–Crippen MR) is 107 cm³/mol. The number of ether oxygens (including phenoxy) is 3. The van der Waals surface area contributed by atoms with E-state index in [1.54, 1.807) is 32.9 Å². The van der Waals surface area contributed by atoms with Crippen LogP contribution in [0.1, 0.15) is 45.1 Å². The molecule has 0 spiro atoms. The number of benzene rings is 1. The van der Waals surface area contributed by atoms with Crippen LogP contribution in [0.5, 0.6) is 0 Å². The molecule has 7 heteroatoms. The molecular weight excluding hydrogens is 374 g/mol. The van der Waals surface area contributed by atoms with Crippen LogP contribution in [0.2, 0.25) is 0 Å². The van der Waals surface area contributed by atoms with Gasteiger partial charge in [-0.05, 0) is 38.5 Å². The Kier molecular flexibility index (Phi) is 5.73. The standard InChI is InChI=1S/C22H25NO6/c1-14(29-15(2)24)18-8-7-17-6-5-16(11-19(17)23-18)9-10-22(20(25)26)12-27-21(3,4)28-13-22/h5-11,14H,12-13H2,1-4H3,(H,25,26)/t14-/m1/s1. The summed E-state index contributed by atoms with van der Waals surface area (Å²) >= 11 is 0. The lowest BCUT2D eigenvalue weighted by Crippen LogP contribution is -2.49. The molecule has 29 heavy (non-hydrogen) atoms. The van der Waals surface area contributed by atoms with Crippen LogP contribution >= 0.6 is 0 Å². The van der Waals surface area contributed by atoms with Crippen molar-refractivity contribution in [2.45, 2.75) is 39.6 Å². The van der Waals surface area contributed by atoms with Gasteiger partial charge in [-0.1, -0.05) is 30.4 Å². The van der Waals surface area contributed by atoms with E-state index in [1.807, 2.05) is 30.3 Å². The second kappa shape index (κ2) is 7.93. The van der Waals surface area contributed by atoms with Crippen molar-refractivity contribution in [3.05, 3.63) is 47.7 Å². The molecule has 7 nitrogen and oxygen atoms in total. The first-order valence-corrected chi connectivity index (χ1v) is 9.39. The first-order chi connectivity index (χ1) is 13.6. The lowest BCUT2D eigenvalue weighted by molar-refractivity contribution is -0.275. The van der Waals surface area contributed by atoms with Crippen molar-refractivity contribution in [1.82, 2.24) is 4.98 Å². The van der Waals surface area contributed by atoms with Crippen LogP contribution < -0.4 is 0 Å².